The van der Waals surface area contributed by atoms with Gasteiger partial charge in [0.25, 0.3) is 0 Å². The molecule has 5 nitrogen and oxygen atoms in total. The maximum absolute atomic E-state index is 13.9. The summed E-state index contributed by atoms with van der Waals surface area (Å²) in [5, 5.41) is 5.86. The third-order valence-electron chi connectivity index (χ3n) is 4.28. The molecule has 0 unspecified atom stereocenters. The van der Waals surface area contributed by atoms with Crippen LogP contribution in [0.3, 0.4) is 0 Å². The number of hydrogen-bond donors (Lipinski definition) is 0. The number of nitrogens with zero attached hydrogens (tertiary/aromatic N) is 2. The Balaban J connectivity index is 1.99. The second-order valence-electron chi connectivity index (χ2n) is 5.87. The molecule has 0 spiro atoms. The molecule has 0 fully saturated rings. The zero-order chi connectivity index (χ0) is 18.8. The van der Waals surface area contributed by atoms with Gasteiger partial charge in [0.1, 0.15) is 17.3 Å². The molecule has 1 amide bonds. The molecule has 3 rings (SSSR count). The molecule has 1 heterocycles. The number of benzene rings is 2. The fraction of sp³-hybridized carbons (Fsp3) is 0.263. The van der Waals surface area contributed by atoms with Gasteiger partial charge in [-0.05, 0) is 29.8 Å². The number of hydrazone groups is 1. The smallest absolute Gasteiger partial charge is 0.240 e. The van der Waals surface area contributed by atoms with Crippen molar-refractivity contribution in [2.24, 2.45) is 5.10 Å². The molecule has 1 aliphatic rings. The van der Waals surface area contributed by atoms with Gasteiger partial charge in [-0.1, -0.05) is 17.7 Å². The van der Waals surface area contributed by atoms with Crippen LogP contribution in [0.15, 0.2) is 41.5 Å². The zero-order valence-electron chi connectivity index (χ0n) is 14.6. The molecule has 26 heavy (non-hydrogen) atoms. The highest BCUT2D eigenvalue weighted by Gasteiger charge is 2.32. The topological polar surface area (TPSA) is 51.1 Å². The summed E-state index contributed by atoms with van der Waals surface area (Å²) >= 11 is 5.77. The SMILES string of the molecule is COc1ccc(C2=NN(C(C)=O)[C@H](c3ccc(Cl)c(F)c3)C2)c(OC)c1. The molecule has 0 aliphatic carbocycles. The van der Waals surface area contributed by atoms with Crippen molar-refractivity contribution in [2.45, 2.75) is 19.4 Å². The van der Waals surface area contributed by atoms with Crippen LogP contribution >= 0.6 is 11.6 Å². The summed E-state index contributed by atoms with van der Waals surface area (Å²) in [6.07, 6.45) is 0.434. The van der Waals surface area contributed by atoms with E-state index in [4.69, 9.17) is 21.1 Å². The van der Waals surface area contributed by atoms with Gasteiger partial charge in [-0.2, -0.15) is 5.10 Å². The lowest BCUT2D eigenvalue weighted by atomic mass is 9.97. The van der Waals surface area contributed by atoms with E-state index in [1.54, 1.807) is 32.4 Å². The van der Waals surface area contributed by atoms with Crippen LogP contribution in [0, 0.1) is 5.82 Å². The predicted molar refractivity (Wildman–Crippen MR) is 97.4 cm³/mol. The Bertz CT molecular complexity index is 885. The number of amides is 1. The molecule has 0 saturated carbocycles. The standard InChI is InChI=1S/C19H18ClFN2O3/c1-11(24)23-18(12-4-7-15(20)16(21)8-12)10-17(22-23)14-6-5-13(25-2)9-19(14)26-3/h4-9,18H,10H2,1-3H3/t18-/m0/s1. The molecule has 1 atom stereocenters. The largest absolute Gasteiger partial charge is 0.497 e. The van der Waals surface area contributed by atoms with Crippen LogP contribution in [0.2, 0.25) is 5.02 Å². The summed E-state index contributed by atoms with van der Waals surface area (Å²) in [7, 11) is 3.13. The summed E-state index contributed by atoms with van der Waals surface area (Å²) in [5.41, 5.74) is 2.07. The maximum Gasteiger partial charge on any atom is 0.240 e. The molecule has 0 radical (unpaired) electrons. The van der Waals surface area contributed by atoms with E-state index in [-0.39, 0.29) is 10.9 Å². The minimum atomic E-state index is -0.525. The highest BCUT2D eigenvalue weighted by molar-refractivity contribution is 6.30. The van der Waals surface area contributed by atoms with Crippen molar-refractivity contribution in [3.05, 3.63) is 58.4 Å². The van der Waals surface area contributed by atoms with Crippen LogP contribution in [0.1, 0.15) is 30.5 Å². The van der Waals surface area contributed by atoms with Gasteiger partial charge in [0.05, 0.1) is 31.0 Å². The van der Waals surface area contributed by atoms with Crippen molar-refractivity contribution in [3.8, 4) is 11.5 Å². The monoisotopic (exact) mass is 376 g/mol. The van der Waals surface area contributed by atoms with Crippen molar-refractivity contribution in [3.63, 3.8) is 0 Å². The Morgan fingerprint density at radius 2 is 2.00 bits per heavy atom. The lowest BCUT2D eigenvalue weighted by Crippen LogP contribution is -2.24. The van der Waals surface area contributed by atoms with E-state index in [1.165, 1.54) is 24.1 Å². The molecule has 136 valence electrons. The molecular weight excluding hydrogens is 359 g/mol. The van der Waals surface area contributed by atoms with E-state index in [1.807, 2.05) is 6.07 Å². The van der Waals surface area contributed by atoms with Crippen LogP contribution in [-0.2, 0) is 4.79 Å². The second kappa shape index (κ2) is 7.33. The van der Waals surface area contributed by atoms with Crippen LogP contribution in [0.25, 0.3) is 0 Å². The van der Waals surface area contributed by atoms with Crippen LogP contribution in [0.5, 0.6) is 11.5 Å². The number of carbonyl (C=O) groups is 1. The quantitative estimate of drug-likeness (QED) is 0.803. The van der Waals surface area contributed by atoms with Crippen molar-refractivity contribution in [1.82, 2.24) is 5.01 Å². The third-order valence-corrected chi connectivity index (χ3v) is 4.59. The Morgan fingerprint density at radius 3 is 2.62 bits per heavy atom. The lowest BCUT2D eigenvalue weighted by Gasteiger charge is -2.20. The van der Waals surface area contributed by atoms with Gasteiger partial charge in [0, 0.05) is 25.0 Å². The first-order chi connectivity index (χ1) is 12.4. The van der Waals surface area contributed by atoms with Gasteiger partial charge >= 0.3 is 0 Å². The van der Waals surface area contributed by atoms with E-state index in [0.717, 1.165) is 5.56 Å². The number of methoxy groups -OCH3 is 2. The zero-order valence-corrected chi connectivity index (χ0v) is 15.4. The molecule has 0 saturated heterocycles. The summed E-state index contributed by atoms with van der Waals surface area (Å²) in [5.74, 6) is 0.495. The third kappa shape index (κ3) is 3.37. The minimum Gasteiger partial charge on any atom is -0.497 e. The molecule has 0 bridgehead atoms. The highest BCUT2D eigenvalue weighted by Crippen LogP contribution is 2.36. The molecule has 2 aromatic rings. The molecule has 1 aliphatic heterocycles. The van der Waals surface area contributed by atoms with Gasteiger partial charge in [-0.25, -0.2) is 9.40 Å². The molecule has 2 aromatic carbocycles. The van der Waals surface area contributed by atoms with E-state index < -0.39 is 11.9 Å². The summed E-state index contributed by atoms with van der Waals surface area (Å²) in [6, 6.07) is 9.51. The molecule has 0 N–H and O–H groups in total. The average molecular weight is 377 g/mol. The summed E-state index contributed by atoms with van der Waals surface area (Å²) in [6.45, 7) is 1.43. The fourth-order valence-corrected chi connectivity index (χ4v) is 3.10. The first kappa shape index (κ1) is 18.2. The predicted octanol–water partition coefficient (Wildman–Crippen LogP) is 4.19. The maximum atomic E-state index is 13.9. The fourth-order valence-electron chi connectivity index (χ4n) is 2.98. The Kier molecular flexibility index (Phi) is 5.13. The van der Waals surface area contributed by atoms with Gasteiger partial charge < -0.3 is 9.47 Å². The van der Waals surface area contributed by atoms with Gasteiger partial charge in [0.2, 0.25) is 5.91 Å². The van der Waals surface area contributed by atoms with E-state index in [2.05, 4.69) is 5.10 Å². The van der Waals surface area contributed by atoms with Crippen LogP contribution in [-0.4, -0.2) is 30.8 Å². The molecular formula is C19H18ClFN2O3. The Morgan fingerprint density at radius 1 is 1.23 bits per heavy atom. The summed E-state index contributed by atoms with van der Waals surface area (Å²) in [4.78, 5) is 12.1. The first-order valence-corrected chi connectivity index (χ1v) is 8.37. The van der Waals surface area contributed by atoms with E-state index in [9.17, 15) is 9.18 Å². The Hall–Kier alpha value is -2.60. The molecule has 0 aromatic heterocycles. The van der Waals surface area contributed by atoms with Gasteiger partial charge in [-0.3, -0.25) is 4.79 Å². The second-order valence-corrected chi connectivity index (χ2v) is 6.28. The van der Waals surface area contributed by atoms with Crippen molar-refractivity contribution < 1.29 is 18.7 Å². The van der Waals surface area contributed by atoms with E-state index >= 15 is 0 Å². The number of rotatable bonds is 4. The summed E-state index contributed by atoms with van der Waals surface area (Å²) < 4.78 is 24.5. The number of halogens is 2. The van der Waals surface area contributed by atoms with Crippen molar-refractivity contribution >= 4 is 23.2 Å². The number of hydrogen-bond acceptors (Lipinski definition) is 4. The van der Waals surface area contributed by atoms with Gasteiger partial charge in [0.15, 0.2) is 0 Å². The average Bonchev–Trinajstić information content (AvgIpc) is 3.08. The number of ether oxygens (including phenoxy) is 2. The first-order valence-electron chi connectivity index (χ1n) is 7.99. The lowest BCUT2D eigenvalue weighted by molar-refractivity contribution is -0.130. The van der Waals surface area contributed by atoms with Crippen LogP contribution < -0.4 is 9.47 Å². The normalized spacial score (nSPS) is 16.4. The minimum absolute atomic E-state index is 0.0408. The highest BCUT2D eigenvalue weighted by atomic mass is 35.5. The van der Waals surface area contributed by atoms with Gasteiger partial charge in [-0.15, -0.1) is 0 Å². The van der Waals surface area contributed by atoms with E-state index in [0.29, 0.717) is 29.2 Å². The number of carbonyl (C=O) groups excluding carboxylic acids is 1. The Labute approximate surface area is 156 Å². The van der Waals surface area contributed by atoms with Crippen LogP contribution in [0.4, 0.5) is 4.39 Å². The van der Waals surface area contributed by atoms with Crippen molar-refractivity contribution in [2.75, 3.05) is 14.2 Å². The van der Waals surface area contributed by atoms with Crippen molar-refractivity contribution in [1.29, 1.82) is 0 Å². The molecule has 7 heteroatoms.